The lowest BCUT2D eigenvalue weighted by Crippen LogP contribution is -2.45. The number of amides is 1. The van der Waals surface area contributed by atoms with E-state index in [1.54, 1.807) is 6.07 Å². The van der Waals surface area contributed by atoms with E-state index < -0.39 is 0 Å². The fourth-order valence-electron chi connectivity index (χ4n) is 1.66. The summed E-state index contributed by atoms with van der Waals surface area (Å²) in [6.45, 7) is 8.15. The van der Waals surface area contributed by atoms with E-state index in [2.05, 4.69) is 26.1 Å². The van der Waals surface area contributed by atoms with Gasteiger partial charge in [-0.3, -0.25) is 4.79 Å². The van der Waals surface area contributed by atoms with Gasteiger partial charge in [0.25, 0.3) is 5.91 Å². The van der Waals surface area contributed by atoms with Gasteiger partial charge in [0, 0.05) is 11.2 Å². The van der Waals surface area contributed by atoms with E-state index >= 15 is 0 Å². The van der Waals surface area contributed by atoms with Gasteiger partial charge in [-0.2, -0.15) is 0 Å². The van der Waals surface area contributed by atoms with Crippen LogP contribution < -0.4 is 11.1 Å². The zero-order chi connectivity index (χ0) is 13.1. The molecule has 0 saturated heterocycles. The summed E-state index contributed by atoms with van der Waals surface area (Å²) in [6.07, 6.45) is 1.81. The summed E-state index contributed by atoms with van der Waals surface area (Å²) in [5.74, 6) is -0.0892. The maximum absolute atomic E-state index is 12.1. The van der Waals surface area contributed by atoms with Gasteiger partial charge in [0.05, 0.1) is 5.56 Å². The Bertz CT molecular complexity index is 409. The second kappa shape index (κ2) is 5.21. The summed E-state index contributed by atoms with van der Waals surface area (Å²) in [6, 6.07) is 5.51. The molecular weight excluding hydrogens is 212 g/mol. The molecule has 0 saturated carbocycles. The van der Waals surface area contributed by atoms with Crippen LogP contribution in [0.5, 0.6) is 0 Å². The molecule has 1 rings (SSSR count). The molecule has 0 aromatic heterocycles. The van der Waals surface area contributed by atoms with Crippen molar-refractivity contribution in [3.63, 3.8) is 0 Å². The van der Waals surface area contributed by atoms with Gasteiger partial charge in [0.2, 0.25) is 0 Å². The summed E-state index contributed by atoms with van der Waals surface area (Å²) in [5.41, 5.74) is 7.87. The van der Waals surface area contributed by atoms with Crippen LogP contribution >= 0.6 is 0 Å². The average Bonchev–Trinajstić information content (AvgIpc) is 2.28. The van der Waals surface area contributed by atoms with Crippen LogP contribution in [0, 0.1) is 6.92 Å². The predicted molar refractivity (Wildman–Crippen MR) is 72.0 cm³/mol. The highest BCUT2D eigenvalue weighted by Crippen LogP contribution is 2.18. The van der Waals surface area contributed by atoms with Crippen molar-refractivity contribution in [3.05, 3.63) is 29.3 Å². The van der Waals surface area contributed by atoms with Crippen LogP contribution in [0.3, 0.4) is 0 Å². The Morgan fingerprint density at radius 2 is 1.94 bits per heavy atom. The quantitative estimate of drug-likeness (QED) is 0.787. The Hall–Kier alpha value is -1.51. The molecule has 0 bridgehead atoms. The Morgan fingerprint density at radius 3 is 2.41 bits per heavy atom. The van der Waals surface area contributed by atoms with Gasteiger partial charge in [-0.1, -0.05) is 19.9 Å². The lowest BCUT2D eigenvalue weighted by molar-refractivity contribution is 0.0902. The first-order valence-corrected chi connectivity index (χ1v) is 6.10. The number of anilines is 1. The number of carbonyl (C=O) groups excluding carboxylic acids is 1. The Kier molecular flexibility index (Phi) is 4.16. The number of nitrogens with two attached hydrogens (primary N) is 1. The third kappa shape index (κ3) is 3.22. The molecule has 0 aliphatic carbocycles. The monoisotopic (exact) mass is 234 g/mol. The highest BCUT2D eigenvalue weighted by molar-refractivity contribution is 5.99. The molecule has 3 nitrogen and oxygen atoms in total. The van der Waals surface area contributed by atoms with Gasteiger partial charge in [-0.15, -0.1) is 0 Å². The minimum Gasteiger partial charge on any atom is -0.398 e. The number of nitrogens with one attached hydrogen (secondary N) is 1. The molecule has 1 aromatic carbocycles. The van der Waals surface area contributed by atoms with Gasteiger partial charge in [0.1, 0.15) is 0 Å². The van der Waals surface area contributed by atoms with E-state index in [9.17, 15) is 4.79 Å². The van der Waals surface area contributed by atoms with E-state index in [1.807, 2.05) is 19.1 Å². The van der Waals surface area contributed by atoms with Gasteiger partial charge < -0.3 is 11.1 Å². The molecule has 3 heteroatoms. The van der Waals surface area contributed by atoms with Crippen molar-refractivity contribution >= 4 is 11.6 Å². The van der Waals surface area contributed by atoms with Crippen molar-refractivity contribution in [3.8, 4) is 0 Å². The Balaban J connectivity index is 2.90. The molecule has 0 unspecified atom stereocenters. The fourth-order valence-corrected chi connectivity index (χ4v) is 1.66. The second-order valence-corrected chi connectivity index (χ2v) is 4.81. The van der Waals surface area contributed by atoms with Gasteiger partial charge in [0.15, 0.2) is 0 Å². The van der Waals surface area contributed by atoms with Crippen LogP contribution in [0.4, 0.5) is 5.69 Å². The third-order valence-corrected chi connectivity index (χ3v) is 3.43. The number of aryl methyl sites for hydroxylation is 1. The van der Waals surface area contributed by atoms with Gasteiger partial charge in [-0.25, -0.2) is 0 Å². The first-order chi connectivity index (χ1) is 7.91. The van der Waals surface area contributed by atoms with Crippen molar-refractivity contribution in [2.75, 3.05) is 5.73 Å². The van der Waals surface area contributed by atoms with Crippen molar-refractivity contribution < 1.29 is 4.79 Å². The van der Waals surface area contributed by atoms with Crippen LogP contribution in [0.25, 0.3) is 0 Å². The topological polar surface area (TPSA) is 55.1 Å². The minimum atomic E-state index is -0.158. The molecule has 0 fully saturated rings. The molecule has 1 aromatic rings. The van der Waals surface area contributed by atoms with E-state index in [0.717, 1.165) is 18.4 Å². The first-order valence-electron chi connectivity index (χ1n) is 6.10. The van der Waals surface area contributed by atoms with E-state index in [0.29, 0.717) is 11.3 Å². The van der Waals surface area contributed by atoms with E-state index in [1.165, 1.54) is 0 Å². The van der Waals surface area contributed by atoms with Crippen molar-refractivity contribution in [1.29, 1.82) is 0 Å². The zero-order valence-electron chi connectivity index (χ0n) is 11.1. The molecular formula is C14H22N2O. The lowest BCUT2D eigenvalue weighted by atomic mass is 9.95. The molecule has 0 aliphatic heterocycles. The maximum atomic E-state index is 12.1. The standard InChI is InChI=1S/C14H22N2O/c1-5-14(4,6-2)16-13(17)11-8-7-10(3)9-12(11)15/h7-9H,5-6,15H2,1-4H3,(H,16,17). The smallest absolute Gasteiger partial charge is 0.253 e. The van der Waals surface area contributed by atoms with Crippen LogP contribution in [-0.2, 0) is 0 Å². The van der Waals surface area contributed by atoms with Crippen LogP contribution in [0.2, 0.25) is 0 Å². The number of carbonyl (C=O) groups is 1. The SMILES string of the molecule is CCC(C)(CC)NC(=O)c1ccc(C)cc1N. The molecule has 0 radical (unpaired) electrons. The molecule has 17 heavy (non-hydrogen) atoms. The molecule has 0 atom stereocenters. The molecule has 0 heterocycles. The van der Waals surface area contributed by atoms with Gasteiger partial charge in [-0.05, 0) is 44.4 Å². The predicted octanol–water partition coefficient (Wildman–Crippen LogP) is 2.89. The maximum Gasteiger partial charge on any atom is 0.253 e. The highest BCUT2D eigenvalue weighted by Gasteiger charge is 2.23. The molecule has 94 valence electrons. The second-order valence-electron chi connectivity index (χ2n) is 4.81. The summed E-state index contributed by atoms with van der Waals surface area (Å²) in [4.78, 5) is 12.1. The van der Waals surface area contributed by atoms with Gasteiger partial charge >= 0.3 is 0 Å². The summed E-state index contributed by atoms with van der Waals surface area (Å²) in [7, 11) is 0. The van der Waals surface area contributed by atoms with E-state index in [4.69, 9.17) is 5.73 Å². The summed E-state index contributed by atoms with van der Waals surface area (Å²) < 4.78 is 0. The summed E-state index contributed by atoms with van der Waals surface area (Å²) >= 11 is 0. The largest absolute Gasteiger partial charge is 0.398 e. The van der Waals surface area contributed by atoms with Crippen LogP contribution in [-0.4, -0.2) is 11.4 Å². The number of benzene rings is 1. The third-order valence-electron chi connectivity index (χ3n) is 3.43. The van der Waals surface area contributed by atoms with Crippen molar-refractivity contribution in [2.45, 2.75) is 46.1 Å². The van der Waals surface area contributed by atoms with Crippen molar-refractivity contribution in [2.24, 2.45) is 0 Å². The molecule has 1 amide bonds. The molecule has 3 N–H and O–H groups in total. The normalized spacial score (nSPS) is 11.3. The highest BCUT2D eigenvalue weighted by atomic mass is 16.1. The number of hydrogen-bond donors (Lipinski definition) is 2. The van der Waals surface area contributed by atoms with Crippen LogP contribution in [0.15, 0.2) is 18.2 Å². The molecule has 0 spiro atoms. The first kappa shape index (κ1) is 13.6. The zero-order valence-corrected chi connectivity index (χ0v) is 11.1. The molecule has 0 aliphatic rings. The lowest BCUT2D eigenvalue weighted by Gasteiger charge is -2.28. The number of hydrogen-bond acceptors (Lipinski definition) is 2. The Morgan fingerprint density at radius 1 is 1.35 bits per heavy atom. The summed E-state index contributed by atoms with van der Waals surface area (Å²) in [5, 5.41) is 3.05. The van der Waals surface area contributed by atoms with Crippen molar-refractivity contribution in [1.82, 2.24) is 5.32 Å². The van der Waals surface area contributed by atoms with E-state index in [-0.39, 0.29) is 11.4 Å². The minimum absolute atomic E-state index is 0.0892. The number of rotatable bonds is 4. The average molecular weight is 234 g/mol. The van der Waals surface area contributed by atoms with Crippen LogP contribution in [0.1, 0.15) is 49.5 Å². The number of nitrogen functional groups attached to an aromatic ring is 1. The Labute approximate surface area is 103 Å². The fraction of sp³-hybridized carbons (Fsp3) is 0.500.